The Labute approximate surface area is 60.7 Å². The predicted molar refractivity (Wildman–Crippen MR) is 38.6 cm³/mol. The Morgan fingerprint density at radius 1 is 1.30 bits per heavy atom. The van der Waals surface area contributed by atoms with Gasteiger partial charge in [0.15, 0.2) is 9.84 Å². The van der Waals surface area contributed by atoms with E-state index in [1.807, 2.05) is 0 Å². The molecule has 4 heteroatoms. The maximum atomic E-state index is 11.0. The molecule has 0 spiro atoms. The molecule has 3 nitrogen and oxygen atoms in total. The first-order chi connectivity index (χ1) is 4.67. The van der Waals surface area contributed by atoms with Crippen LogP contribution < -0.4 is 5.32 Å². The maximum absolute atomic E-state index is 11.0. The Kier molecular flexibility index (Phi) is 1.29. The van der Waals surface area contributed by atoms with Gasteiger partial charge in [0.1, 0.15) is 0 Å². The number of hydrogen-bond donors (Lipinski definition) is 1. The molecule has 2 aliphatic rings. The number of rotatable bonds is 0. The van der Waals surface area contributed by atoms with Gasteiger partial charge >= 0.3 is 0 Å². The second-order valence-electron chi connectivity index (χ2n) is 3.19. The van der Waals surface area contributed by atoms with Crippen LogP contribution in [0.4, 0.5) is 0 Å². The zero-order valence-corrected chi connectivity index (χ0v) is 6.52. The Bertz CT molecular complexity index is 216. The summed E-state index contributed by atoms with van der Waals surface area (Å²) >= 11 is 0. The van der Waals surface area contributed by atoms with Gasteiger partial charge in [0.05, 0.1) is 11.5 Å². The molecule has 2 saturated heterocycles. The Morgan fingerprint density at radius 3 is 2.80 bits per heavy atom. The van der Waals surface area contributed by atoms with Crippen LogP contribution in [0.5, 0.6) is 0 Å². The first-order valence-corrected chi connectivity index (χ1v) is 5.43. The smallest absolute Gasteiger partial charge is 0.152 e. The SMILES string of the molecule is O=S1(=O)C[C@H]2CCN[C@H]2C1. The van der Waals surface area contributed by atoms with Crippen molar-refractivity contribution in [1.29, 1.82) is 0 Å². The van der Waals surface area contributed by atoms with E-state index in [9.17, 15) is 8.42 Å². The van der Waals surface area contributed by atoms with Crippen LogP contribution in [0.15, 0.2) is 0 Å². The topological polar surface area (TPSA) is 46.2 Å². The lowest BCUT2D eigenvalue weighted by Crippen LogP contribution is -2.26. The van der Waals surface area contributed by atoms with E-state index in [0.29, 0.717) is 17.4 Å². The van der Waals surface area contributed by atoms with Gasteiger partial charge in [-0.2, -0.15) is 0 Å². The molecular formula is C6H11NO2S. The highest BCUT2D eigenvalue weighted by Gasteiger charge is 2.39. The number of sulfone groups is 1. The molecule has 0 amide bonds. The summed E-state index contributed by atoms with van der Waals surface area (Å²) in [6, 6.07) is 0.282. The van der Waals surface area contributed by atoms with Gasteiger partial charge in [-0.05, 0) is 18.9 Å². The van der Waals surface area contributed by atoms with Gasteiger partial charge in [-0.1, -0.05) is 0 Å². The molecule has 2 fully saturated rings. The maximum Gasteiger partial charge on any atom is 0.152 e. The summed E-state index contributed by atoms with van der Waals surface area (Å²) in [6.07, 6.45) is 1.05. The summed E-state index contributed by atoms with van der Waals surface area (Å²) in [5.41, 5.74) is 0. The van der Waals surface area contributed by atoms with Crippen molar-refractivity contribution in [1.82, 2.24) is 5.32 Å². The molecule has 2 heterocycles. The second kappa shape index (κ2) is 1.95. The minimum atomic E-state index is -2.67. The molecule has 58 valence electrons. The third-order valence-corrected chi connectivity index (χ3v) is 4.20. The quantitative estimate of drug-likeness (QED) is 0.515. The molecule has 2 rings (SSSR count). The van der Waals surface area contributed by atoms with Crippen LogP contribution in [-0.4, -0.2) is 32.5 Å². The zero-order valence-electron chi connectivity index (χ0n) is 5.71. The van der Waals surface area contributed by atoms with Crippen molar-refractivity contribution in [2.24, 2.45) is 5.92 Å². The lowest BCUT2D eigenvalue weighted by atomic mass is 10.1. The highest BCUT2D eigenvalue weighted by atomic mass is 32.2. The van der Waals surface area contributed by atoms with Crippen LogP contribution >= 0.6 is 0 Å². The lowest BCUT2D eigenvalue weighted by molar-refractivity contribution is 0.556. The van der Waals surface area contributed by atoms with Gasteiger partial charge in [0, 0.05) is 6.04 Å². The Morgan fingerprint density at radius 2 is 2.10 bits per heavy atom. The van der Waals surface area contributed by atoms with E-state index in [1.165, 1.54) is 0 Å². The summed E-state index contributed by atoms with van der Waals surface area (Å²) in [4.78, 5) is 0. The van der Waals surface area contributed by atoms with Crippen molar-refractivity contribution < 1.29 is 8.42 Å². The van der Waals surface area contributed by atoms with Crippen LogP contribution in [-0.2, 0) is 9.84 Å². The fourth-order valence-electron chi connectivity index (χ4n) is 1.88. The lowest BCUT2D eigenvalue weighted by Gasteiger charge is -2.02. The highest BCUT2D eigenvalue weighted by molar-refractivity contribution is 7.91. The molecule has 0 aliphatic carbocycles. The summed E-state index contributed by atoms with van der Waals surface area (Å²) in [6.45, 7) is 1.00. The number of nitrogens with one attached hydrogen (secondary N) is 1. The first kappa shape index (κ1) is 6.61. The third kappa shape index (κ3) is 0.953. The third-order valence-electron chi connectivity index (χ3n) is 2.39. The van der Waals surface area contributed by atoms with E-state index in [-0.39, 0.29) is 6.04 Å². The molecular weight excluding hydrogens is 150 g/mol. The highest BCUT2D eigenvalue weighted by Crippen LogP contribution is 2.25. The zero-order chi connectivity index (χ0) is 7.19. The molecule has 10 heavy (non-hydrogen) atoms. The minimum absolute atomic E-state index is 0.282. The van der Waals surface area contributed by atoms with Gasteiger partial charge in [-0.3, -0.25) is 0 Å². The molecule has 0 aromatic carbocycles. The predicted octanol–water partition coefficient (Wildman–Crippen LogP) is -0.607. The average molecular weight is 161 g/mol. The molecule has 2 aliphatic heterocycles. The Balaban J connectivity index is 2.21. The molecule has 0 aromatic heterocycles. The van der Waals surface area contributed by atoms with Gasteiger partial charge in [0.25, 0.3) is 0 Å². The fourth-order valence-corrected chi connectivity index (χ4v) is 4.01. The van der Waals surface area contributed by atoms with E-state index < -0.39 is 9.84 Å². The number of fused-ring (bicyclic) bond motifs is 1. The summed E-state index contributed by atoms with van der Waals surface area (Å²) in [5.74, 6) is 1.22. The van der Waals surface area contributed by atoms with Gasteiger partial charge < -0.3 is 5.32 Å². The molecule has 0 saturated carbocycles. The van der Waals surface area contributed by atoms with Crippen LogP contribution in [0.2, 0.25) is 0 Å². The van der Waals surface area contributed by atoms with E-state index in [1.54, 1.807) is 0 Å². The van der Waals surface area contributed by atoms with E-state index in [4.69, 9.17) is 0 Å². The molecule has 0 bridgehead atoms. The Hall–Kier alpha value is -0.0900. The molecule has 2 atom stereocenters. The summed E-state index contributed by atoms with van der Waals surface area (Å²) < 4.78 is 22.0. The van der Waals surface area contributed by atoms with Crippen LogP contribution in [0, 0.1) is 5.92 Å². The van der Waals surface area contributed by atoms with Crippen molar-refractivity contribution in [3.05, 3.63) is 0 Å². The van der Waals surface area contributed by atoms with E-state index in [0.717, 1.165) is 13.0 Å². The van der Waals surface area contributed by atoms with Gasteiger partial charge in [0.2, 0.25) is 0 Å². The van der Waals surface area contributed by atoms with Crippen molar-refractivity contribution in [2.45, 2.75) is 12.5 Å². The summed E-state index contributed by atoms with van der Waals surface area (Å²) in [7, 11) is -2.67. The van der Waals surface area contributed by atoms with Gasteiger partial charge in [-0.15, -0.1) is 0 Å². The van der Waals surface area contributed by atoms with Crippen molar-refractivity contribution in [3.8, 4) is 0 Å². The van der Waals surface area contributed by atoms with Crippen LogP contribution in [0.25, 0.3) is 0 Å². The van der Waals surface area contributed by atoms with Crippen LogP contribution in [0.3, 0.4) is 0 Å². The second-order valence-corrected chi connectivity index (χ2v) is 5.34. The first-order valence-electron chi connectivity index (χ1n) is 3.61. The normalized spacial score (nSPS) is 43.6. The largest absolute Gasteiger partial charge is 0.313 e. The van der Waals surface area contributed by atoms with Gasteiger partial charge in [-0.25, -0.2) is 8.42 Å². The standard InChI is InChI=1S/C6H11NO2S/c8-10(9)3-5-1-2-7-6(5)4-10/h5-7H,1-4H2/t5-,6+/m1/s1. The van der Waals surface area contributed by atoms with Crippen LogP contribution in [0.1, 0.15) is 6.42 Å². The van der Waals surface area contributed by atoms with E-state index >= 15 is 0 Å². The molecule has 0 radical (unpaired) electrons. The van der Waals surface area contributed by atoms with Crippen molar-refractivity contribution >= 4 is 9.84 Å². The van der Waals surface area contributed by atoms with Crippen molar-refractivity contribution in [2.75, 3.05) is 18.1 Å². The molecule has 1 N–H and O–H groups in total. The average Bonchev–Trinajstić information content (AvgIpc) is 2.20. The molecule has 0 aromatic rings. The monoisotopic (exact) mass is 161 g/mol. The van der Waals surface area contributed by atoms with Crippen molar-refractivity contribution in [3.63, 3.8) is 0 Å². The number of hydrogen-bond acceptors (Lipinski definition) is 3. The summed E-state index contributed by atoms with van der Waals surface area (Å²) in [5, 5.41) is 3.19. The minimum Gasteiger partial charge on any atom is -0.313 e. The van der Waals surface area contributed by atoms with E-state index in [2.05, 4.69) is 5.32 Å². The fraction of sp³-hybridized carbons (Fsp3) is 1.00. The molecule has 0 unspecified atom stereocenters.